The van der Waals surface area contributed by atoms with Gasteiger partial charge in [0.05, 0.1) is 0 Å². The minimum Gasteiger partial charge on any atom is -0.445 e. The molecule has 0 unspecified atom stereocenters. The molecule has 0 amide bonds. The van der Waals surface area contributed by atoms with Crippen LogP contribution in [-0.4, -0.2) is 30.8 Å². The van der Waals surface area contributed by atoms with Crippen molar-refractivity contribution in [3.63, 3.8) is 0 Å². The Labute approximate surface area is 113 Å². The van der Waals surface area contributed by atoms with Gasteiger partial charge in [0.2, 0.25) is 0 Å². The van der Waals surface area contributed by atoms with Gasteiger partial charge in [0.25, 0.3) is 5.82 Å². The van der Waals surface area contributed by atoms with E-state index in [1.54, 1.807) is 0 Å². The van der Waals surface area contributed by atoms with Crippen LogP contribution in [0.15, 0.2) is 0 Å². The first-order valence-electron chi connectivity index (χ1n) is 3.39. The van der Waals surface area contributed by atoms with Gasteiger partial charge in [-0.15, -0.1) is 0 Å². The molecule has 0 spiro atoms. The van der Waals surface area contributed by atoms with Crippen molar-refractivity contribution in [2.45, 2.75) is 23.8 Å². The Balaban J connectivity index is 0. The standard InChI is InChI=1S/C4BF12.Na/c6-1(7,2(8,9)4(12,13)14)3(10,11)5(15,16)17;/q-1;+1. The van der Waals surface area contributed by atoms with Gasteiger partial charge in [-0.25, -0.2) is 8.78 Å². The van der Waals surface area contributed by atoms with Gasteiger partial charge in [-0.1, -0.05) is 0 Å². The molecule has 0 saturated heterocycles. The molecule has 0 aromatic rings. The molecule has 18 heavy (non-hydrogen) atoms. The summed E-state index contributed by atoms with van der Waals surface area (Å²) in [5.74, 6) is -22.6. The summed E-state index contributed by atoms with van der Waals surface area (Å²) in [5, 5.41) is 0. The first kappa shape index (κ1) is 20.5. The topological polar surface area (TPSA) is 0 Å². The number of halogens is 12. The van der Waals surface area contributed by atoms with Crippen molar-refractivity contribution in [1.82, 2.24) is 0 Å². The molecule has 0 atom stereocenters. The fraction of sp³-hybridized carbons (Fsp3) is 1.00. The smallest absolute Gasteiger partial charge is 0.445 e. The van der Waals surface area contributed by atoms with Crippen LogP contribution in [0.5, 0.6) is 0 Å². The van der Waals surface area contributed by atoms with Crippen molar-refractivity contribution >= 4 is 6.98 Å². The van der Waals surface area contributed by atoms with Crippen molar-refractivity contribution in [3.05, 3.63) is 0 Å². The van der Waals surface area contributed by atoms with E-state index in [1.165, 1.54) is 0 Å². The third-order valence-electron chi connectivity index (χ3n) is 1.58. The number of rotatable bonds is 3. The van der Waals surface area contributed by atoms with Gasteiger partial charge in [-0.05, 0) is 0 Å². The normalized spacial score (nSPS) is 15.3. The van der Waals surface area contributed by atoms with Crippen LogP contribution in [0.3, 0.4) is 0 Å². The summed E-state index contributed by atoms with van der Waals surface area (Å²) in [6.07, 6.45) is -7.25. The van der Waals surface area contributed by atoms with E-state index in [-0.39, 0.29) is 29.6 Å². The second-order valence-corrected chi connectivity index (χ2v) is 2.84. The Hall–Kier alpha value is 0.225. The van der Waals surface area contributed by atoms with E-state index < -0.39 is 30.8 Å². The van der Waals surface area contributed by atoms with E-state index in [9.17, 15) is 52.5 Å². The van der Waals surface area contributed by atoms with Crippen molar-refractivity contribution in [3.8, 4) is 0 Å². The molecule has 0 nitrogen and oxygen atoms in total. The molecular weight excluding hydrogens is 310 g/mol. The van der Waals surface area contributed by atoms with Gasteiger partial charge >= 0.3 is 54.6 Å². The first-order chi connectivity index (χ1) is 7.00. The zero-order valence-corrected chi connectivity index (χ0v) is 10.1. The minimum absolute atomic E-state index is 0. The maximum Gasteiger partial charge on any atom is 1.00 e. The molecule has 0 aromatic carbocycles. The van der Waals surface area contributed by atoms with Crippen LogP contribution in [0.1, 0.15) is 0 Å². The van der Waals surface area contributed by atoms with Gasteiger partial charge < -0.3 is 12.9 Å². The molecule has 0 aliphatic rings. The van der Waals surface area contributed by atoms with E-state index in [2.05, 4.69) is 0 Å². The second-order valence-electron chi connectivity index (χ2n) is 2.84. The van der Waals surface area contributed by atoms with Crippen molar-refractivity contribution in [1.29, 1.82) is 0 Å². The third kappa shape index (κ3) is 2.87. The zero-order valence-electron chi connectivity index (χ0n) is 8.11. The van der Waals surface area contributed by atoms with E-state index in [4.69, 9.17) is 0 Å². The quantitative estimate of drug-likeness (QED) is 0.535. The maximum atomic E-state index is 12.0. The van der Waals surface area contributed by atoms with Gasteiger partial charge in [-0.2, -0.15) is 30.7 Å². The molecule has 104 valence electrons. The molecule has 0 aliphatic carbocycles. The molecule has 0 fully saturated rings. The van der Waals surface area contributed by atoms with Gasteiger partial charge in [0.1, 0.15) is 0 Å². The number of hydrogen-bond donors (Lipinski definition) is 0. The SMILES string of the molecule is F[B-](F)(F)C(F)(F)C(F)(F)C(F)(F)C(F)(F)F.[Na+]. The molecule has 0 bridgehead atoms. The third-order valence-corrected chi connectivity index (χ3v) is 1.58. The molecule has 0 saturated carbocycles. The Morgan fingerprint density at radius 3 is 1.00 bits per heavy atom. The van der Waals surface area contributed by atoms with E-state index >= 15 is 0 Å². The van der Waals surface area contributed by atoms with Crippen molar-refractivity contribution in [2.24, 2.45) is 0 Å². The second kappa shape index (κ2) is 4.96. The summed E-state index contributed by atoms with van der Waals surface area (Å²) in [7, 11) is 0. The number of hydrogen-bond acceptors (Lipinski definition) is 0. The molecule has 14 heteroatoms. The Kier molecular flexibility index (Phi) is 5.66. The number of alkyl halides is 9. The Morgan fingerprint density at radius 1 is 0.556 bits per heavy atom. The summed E-state index contributed by atoms with van der Waals surface area (Å²) >= 11 is 0. The average Bonchev–Trinajstić information content (AvgIpc) is 1.98. The molecule has 0 rings (SSSR count). The summed E-state index contributed by atoms with van der Waals surface area (Å²) < 4.78 is 140. The largest absolute Gasteiger partial charge is 1.00 e. The van der Waals surface area contributed by atoms with E-state index in [0.717, 1.165) is 0 Å². The summed E-state index contributed by atoms with van der Waals surface area (Å²) in [6, 6.07) is 0. The molecule has 0 heterocycles. The molecule has 0 radical (unpaired) electrons. The molecule has 0 aliphatic heterocycles. The first-order valence-corrected chi connectivity index (χ1v) is 3.39. The van der Waals surface area contributed by atoms with Crippen LogP contribution in [0.4, 0.5) is 52.5 Å². The average molecular weight is 310 g/mol. The zero-order chi connectivity index (χ0) is 14.5. The molecule has 0 N–H and O–H groups in total. The van der Waals surface area contributed by atoms with Gasteiger partial charge in [-0.3, -0.25) is 0 Å². The van der Waals surface area contributed by atoms with Crippen molar-refractivity contribution < 1.29 is 82.0 Å². The van der Waals surface area contributed by atoms with Gasteiger partial charge in [0, 0.05) is 0 Å². The monoisotopic (exact) mass is 310 g/mol. The van der Waals surface area contributed by atoms with Crippen LogP contribution in [-0.2, 0) is 0 Å². The van der Waals surface area contributed by atoms with Gasteiger partial charge in [0.15, 0.2) is 0 Å². The molecular formula is C4BF12Na. The summed E-state index contributed by atoms with van der Waals surface area (Å²) in [6.45, 7) is -7.94. The minimum atomic E-state index is -7.94. The van der Waals surface area contributed by atoms with Crippen molar-refractivity contribution in [2.75, 3.05) is 0 Å². The van der Waals surface area contributed by atoms with Crippen LogP contribution in [0.25, 0.3) is 0 Å². The van der Waals surface area contributed by atoms with Crippen LogP contribution >= 0.6 is 0 Å². The van der Waals surface area contributed by atoms with Crippen LogP contribution in [0, 0.1) is 0 Å². The Morgan fingerprint density at radius 2 is 0.833 bits per heavy atom. The predicted molar refractivity (Wildman–Crippen MR) is 30.0 cm³/mol. The summed E-state index contributed by atoms with van der Waals surface area (Å²) in [4.78, 5) is 0. The molecule has 0 aromatic heterocycles. The maximum absolute atomic E-state index is 12.0. The summed E-state index contributed by atoms with van der Waals surface area (Å²) in [5.41, 5.74) is 0. The van der Waals surface area contributed by atoms with Crippen LogP contribution in [0.2, 0.25) is 0 Å². The fourth-order valence-electron chi connectivity index (χ4n) is 0.593. The van der Waals surface area contributed by atoms with Crippen LogP contribution < -0.4 is 29.6 Å². The predicted octanol–water partition coefficient (Wildman–Crippen LogP) is 0.845. The fourth-order valence-corrected chi connectivity index (χ4v) is 0.593. The van der Waals surface area contributed by atoms with E-state index in [0.29, 0.717) is 0 Å². The Bertz CT molecular complexity index is 259. The van der Waals surface area contributed by atoms with E-state index in [1.807, 2.05) is 0 Å².